The van der Waals surface area contributed by atoms with Gasteiger partial charge in [0.2, 0.25) is 0 Å². The van der Waals surface area contributed by atoms with Crippen molar-refractivity contribution in [1.29, 1.82) is 5.26 Å². The highest BCUT2D eigenvalue weighted by molar-refractivity contribution is 5.89. The molecule has 1 heterocycles. The number of rotatable bonds is 2. The van der Waals surface area contributed by atoms with Crippen LogP contribution in [0.3, 0.4) is 0 Å². The van der Waals surface area contributed by atoms with E-state index in [1.165, 1.54) is 6.07 Å². The van der Waals surface area contributed by atoms with Crippen molar-refractivity contribution in [3.05, 3.63) is 29.3 Å². The van der Waals surface area contributed by atoms with E-state index in [4.69, 9.17) is 10.4 Å². The third kappa shape index (κ3) is 2.17. The minimum Gasteiger partial charge on any atom is -0.478 e. The topological polar surface area (TPSA) is 64.3 Å². The molecule has 4 heteroatoms. The van der Waals surface area contributed by atoms with Crippen LogP contribution >= 0.6 is 0 Å². The van der Waals surface area contributed by atoms with Gasteiger partial charge in [-0.3, -0.25) is 0 Å². The molecule has 2 atom stereocenters. The van der Waals surface area contributed by atoms with E-state index in [1.807, 2.05) is 0 Å². The fourth-order valence-electron chi connectivity index (χ4n) is 2.36. The zero-order valence-electron chi connectivity index (χ0n) is 10.6. The van der Waals surface area contributed by atoms with Crippen molar-refractivity contribution < 1.29 is 9.90 Å². The number of hydrogen-bond acceptors (Lipinski definition) is 3. The monoisotopic (exact) mass is 244 g/mol. The van der Waals surface area contributed by atoms with Gasteiger partial charge < -0.3 is 10.0 Å². The van der Waals surface area contributed by atoms with Crippen LogP contribution in [-0.4, -0.2) is 24.2 Å². The molecule has 4 nitrogen and oxygen atoms in total. The van der Waals surface area contributed by atoms with Crippen LogP contribution in [0.1, 0.15) is 29.8 Å². The van der Waals surface area contributed by atoms with Gasteiger partial charge in [0.25, 0.3) is 0 Å². The second-order valence-electron chi connectivity index (χ2n) is 5.01. The number of nitriles is 1. The lowest BCUT2D eigenvalue weighted by atomic mass is 10.0. The number of benzene rings is 1. The lowest BCUT2D eigenvalue weighted by Crippen LogP contribution is -2.20. The molecule has 1 aromatic rings. The van der Waals surface area contributed by atoms with E-state index >= 15 is 0 Å². The SMILES string of the molecule is CC1CN(c2ccc(C(=O)O)cc2C#N)CC1C. The molecule has 0 radical (unpaired) electrons. The minimum absolute atomic E-state index is 0.163. The highest BCUT2D eigenvalue weighted by Crippen LogP contribution is 2.30. The van der Waals surface area contributed by atoms with E-state index in [9.17, 15) is 4.79 Å². The summed E-state index contributed by atoms with van der Waals surface area (Å²) in [6, 6.07) is 6.85. The normalized spacial score (nSPS) is 22.8. The molecule has 1 saturated heterocycles. The first-order valence-corrected chi connectivity index (χ1v) is 6.05. The van der Waals surface area contributed by atoms with Crippen LogP contribution in [0.2, 0.25) is 0 Å². The van der Waals surface area contributed by atoms with Crippen molar-refractivity contribution in [1.82, 2.24) is 0 Å². The van der Waals surface area contributed by atoms with Gasteiger partial charge in [-0.2, -0.15) is 5.26 Å². The van der Waals surface area contributed by atoms with E-state index in [-0.39, 0.29) is 5.56 Å². The molecule has 1 fully saturated rings. The lowest BCUT2D eigenvalue weighted by molar-refractivity contribution is 0.0697. The van der Waals surface area contributed by atoms with Gasteiger partial charge in [0.15, 0.2) is 0 Å². The Kier molecular flexibility index (Phi) is 3.24. The predicted octanol–water partition coefficient (Wildman–Crippen LogP) is 2.35. The molecule has 2 unspecified atom stereocenters. The summed E-state index contributed by atoms with van der Waals surface area (Å²) < 4.78 is 0. The van der Waals surface area contributed by atoms with Crippen molar-refractivity contribution in [2.45, 2.75) is 13.8 Å². The van der Waals surface area contributed by atoms with Crippen LogP contribution in [-0.2, 0) is 0 Å². The molecule has 1 N–H and O–H groups in total. The summed E-state index contributed by atoms with van der Waals surface area (Å²) in [7, 11) is 0. The third-order valence-corrected chi connectivity index (χ3v) is 3.69. The van der Waals surface area contributed by atoms with Crippen molar-refractivity contribution in [3.8, 4) is 6.07 Å². The first-order valence-electron chi connectivity index (χ1n) is 6.05. The van der Waals surface area contributed by atoms with Crippen LogP contribution in [0.25, 0.3) is 0 Å². The molecule has 18 heavy (non-hydrogen) atoms. The minimum atomic E-state index is -0.999. The van der Waals surface area contributed by atoms with Gasteiger partial charge >= 0.3 is 5.97 Å². The maximum absolute atomic E-state index is 10.9. The van der Waals surface area contributed by atoms with Gasteiger partial charge in [-0.1, -0.05) is 13.8 Å². The van der Waals surface area contributed by atoms with E-state index in [1.54, 1.807) is 12.1 Å². The van der Waals surface area contributed by atoms with E-state index in [0.29, 0.717) is 17.4 Å². The summed E-state index contributed by atoms with van der Waals surface area (Å²) >= 11 is 0. The number of nitrogens with zero attached hydrogens (tertiary/aromatic N) is 2. The van der Waals surface area contributed by atoms with Gasteiger partial charge in [0.05, 0.1) is 16.8 Å². The zero-order valence-corrected chi connectivity index (χ0v) is 10.6. The highest BCUT2D eigenvalue weighted by atomic mass is 16.4. The summed E-state index contributed by atoms with van der Waals surface area (Å²) in [5.74, 6) is 0.188. The van der Waals surface area contributed by atoms with Gasteiger partial charge in [-0.05, 0) is 30.0 Å². The molecule has 0 bridgehead atoms. The van der Waals surface area contributed by atoms with E-state index < -0.39 is 5.97 Å². The Morgan fingerprint density at radius 2 is 2.00 bits per heavy atom. The Balaban J connectivity index is 2.35. The maximum Gasteiger partial charge on any atom is 0.335 e. The van der Waals surface area contributed by atoms with Crippen LogP contribution in [0.15, 0.2) is 18.2 Å². The quantitative estimate of drug-likeness (QED) is 0.867. The standard InChI is InChI=1S/C14H16N2O2/c1-9-7-16(8-10(9)2)13-4-3-11(14(17)18)5-12(13)6-15/h3-5,9-10H,7-8H2,1-2H3,(H,17,18). The van der Waals surface area contributed by atoms with Crippen molar-refractivity contribution in [2.24, 2.45) is 11.8 Å². The highest BCUT2D eigenvalue weighted by Gasteiger charge is 2.27. The maximum atomic E-state index is 10.9. The number of hydrogen-bond donors (Lipinski definition) is 1. The molecule has 0 aromatic heterocycles. The lowest BCUT2D eigenvalue weighted by Gasteiger charge is -2.19. The Hall–Kier alpha value is -2.02. The number of anilines is 1. The fraction of sp³-hybridized carbons (Fsp3) is 0.429. The van der Waals surface area contributed by atoms with Gasteiger partial charge in [0.1, 0.15) is 6.07 Å². The number of carboxylic acid groups (broad SMARTS) is 1. The van der Waals surface area contributed by atoms with Gasteiger partial charge in [-0.15, -0.1) is 0 Å². The predicted molar refractivity (Wildman–Crippen MR) is 68.7 cm³/mol. The Morgan fingerprint density at radius 1 is 1.39 bits per heavy atom. The first-order chi connectivity index (χ1) is 8.52. The van der Waals surface area contributed by atoms with Gasteiger partial charge in [-0.25, -0.2) is 4.79 Å². The van der Waals surface area contributed by atoms with Crippen LogP contribution < -0.4 is 4.90 Å². The number of carboxylic acids is 1. The third-order valence-electron chi connectivity index (χ3n) is 3.69. The Labute approximate surface area is 106 Å². The van der Waals surface area contributed by atoms with E-state index in [2.05, 4.69) is 24.8 Å². The summed E-state index contributed by atoms with van der Waals surface area (Å²) in [5.41, 5.74) is 1.45. The van der Waals surface area contributed by atoms with Crippen LogP contribution in [0.4, 0.5) is 5.69 Å². The van der Waals surface area contributed by atoms with E-state index in [0.717, 1.165) is 18.8 Å². The number of aromatic carboxylic acids is 1. The van der Waals surface area contributed by atoms with Crippen LogP contribution in [0, 0.1) is 23.2 Å². The molecule has 1 aromatic carbocycles. The molecule has 0 spiro atoms. The second kappa shape index (κ2) is 4.69. The van der Waals surface area contributed by atoms with Crippen molar-refractivity contribution in [3.63, 3.8) is 0 Å². The fourth-order valence-corrected chi connectivity index (χ4v) is 2.36. The molecule has 0 saturated carbocycles. The largest absolute Gasteiger partial charge is 0.478 e. The molecule has 94 valence electrons. The number of carbonyl (C=O) groups is 1. The summed E-state index contributed by atoms with van der Waals surface area (Å²) in [5, 5.41) is 18.1. The summed E-state index contributed by atoms with van der Waals surface area (Å²) in [4.78, 5) is 13.0. The first kappa shape index (κ1) is 12.4. The molecule has 0 amide bonds. The molecule has 2 rings (SSSR count). The summed E-state index contributed by atoms with van der Waals surface area (Å²) in [6.45, 7) is 6.23. The summed E-state index contributed by atoms with van der Waals surface area (Å²) in [6.07, 6.45) is 0. The van der Waals surface area contributed by atoms with Crippen molar-refractivity contribution >= 4 is 11.7 Å². The molecular weight excluding hydrogens is 228 g/mol. The Morgan fingerprint density at radius 3 is 2.50 bits per heavy atom. The average molecular weight is 244 g/mol. The average Bonchev–Trinajstić information content (AvgIpc) is 2.68. The molecular formula is C14H16N2O2. The van der Waals surface area contributed by atoms with Crippen LogP contribution in [0.5, 0.6) is 0 Å². The van der Waals surface area contributed by atoms with Crippen molar-refractivity contribution in [2.75, 3.05) is 18.0 Å². The smallest absolute Gasteiger partial charge is 0.335 e. The molecule has 0 aliphatic carbocycles. The molecule has 1 aliphatic heterocycles. The van der Waals surface area contributed by atoms with Gasteiger partial charge in [0, 0.05) is 13.1 Å². The zero-order chi connectivity index (χ0) is 13.3. The Bertz CT molecular complexity index is 509. The second-order valence-corrected chi connectivity index (χ2v) is 5.01. The molecule has 1 aliphatic rings.